The van der Waals surface area contributed by atoms with Gasteiger partial charge in [-0.2, -0.15) is 0 Å². The fraction of sp³-hybridized carbons (Fsp3) is 0.167. The Morgan fingerprint density at radius 3 is 2.28 bits per heavy atom. The minimum Gasteiger partial charge on any atom is -0.465 e. The molecule has 1 amide bonds. The highest BCUT2D eigenvalue weighted by Gasteiger charge is 2.23. The summed E-state index contributed by atoms with van der Waals surface area (Å²) in [5.41, 5.74) is 4.36. The largest absolute Gasteiger partial charge is 0.465 e. The van der Waals surface area contributed by atoms with Gasteiger partial charge in [-0.15, -0.1) is 0 Å². The van der Waals surface area contributed by atoms with E-state index in [0.717, 1.165) is 22.4 Å². The number of amides is 1. The Kier molecular flexibility index (Phi) is 6.76. The molecule has 148 valence electrons. The normalized spacial score (nSPS) is 11.5. The van der Waals surface area contributed by atoms with Gasteiger partial charge in [-0.1, -0.05) is 60.2 Å². The Labute approximate surface area is 170 Å². The topological polar surface area (TPSA) is 72.0 Å². The van der Waals surface area contributed by atoms with Crippen LogP contribution in [0.2, 0.25) is 0 Å². The van der Waals surface area contributed by atoms with E-state index in [2.05, 4.69) is 5.32 Å². The van der Waals surface area contributed by atoms with Crippen LogP contribution in [0.25, 0.3) is 0 Å². The van der Waals surface area contributed by atoms with E-state index in [0.29, 0.717) is 5.56 Å². The van der Waals surface area contributed by atoms with Gasteiger partial charge in [0.2, 0.25) is 0 Å². The van der Waals surface area contributed by atoms with E-state index in [1.165, 1.54) is 7.11 Å². The van der Waals surface area contributed by atoms with Crippen LogP contribution in [0.5, 0.6) is 0 Å². The molecule has 0 unspecified atom stereocenters. The lowest BCUT2D eigenvalue weighted by atomic mass is 9.95. The van der Waals surface area contributed by atoms with Gasteiger partial charge in [0, 0.05) is 16.7 Å². The second kappa shape index (κ2) is 9.66. The van der Waals surface area contributed by atoms with Gasteiger partial charge in [0.1, 0.15) is 6.04 Å². The van der Waals surface area contributed by atoms with Crippen LogP contribution in [0.15, 0.2) is 78.9 Å². The minimum absolute atomic E-state index is 0.165. The van der Waals surface area contributed by atoms with E-state index in [1.807, 2.05) is 79.0 Å². The fourth-order valence-electron chi connectivity index (χ4n) is 3.24. The molecule has 0 aliphatic carbocycles. The summed E-state index contributed by atoms with van der Waals surface area (Å²) < 4.78 is 4.81. The van der Waals surface area contributed by atoms with Crippen LogP contribution in [0, 0.1) is 6.92 Å². The van der Waals surface area contributed by atoms with Crippen molar-refractivity contribution >= 4 is 17.6 Å². The van der Waals surface area contributed by atoms with Crippen molar-refractivity contribution in [3.8, 4) is 0 Å². The summed E-state index contributed by atoms with van der Waals surface area (Å²) in [5, 5.41) is 4.96. The molecule has 0 heterocycles. The molecule has 3 aromatic carbocycles. The van der Waals surface area contributed by atoms with E-state index < -0.39 is 0 Å². The van der Waals surface area contributed by atoms with Gasteiger partial charge in [0.05, 0.1) is 12.8 Å². The van der Waals surface area contributed by atoms with Gasteiger partial charge >= 0.3 is 5.97 Å². The number of rotatable bonds is 7. The van der Waals surface area contributed by atoms with E-state index >= 15 is 0 Å². The standard InChI is InChI=1S/C24H24N2O3/c1-17-13-14-21(26-24(28)19-11-7-4-8-12-19)20(15-17)23(25-16-22(27)29-2)18-9-5-3-6-10-18/h3-15,23,25H,16H2,1-2H3,(H,26,28)/p+1/t23-/m0/s1. The molecule has 0 saturated carbocycles. The van der Waals surface area contributed by atoms with Crippen LogP contribution in [-0.2, 0) is 9.53 Å². The SMILES string of the molecule is COC(=O)C[NH2+][C@@H](c1ccccc1)c1cc(C)ccc1NC(=O)c1ccccc1. The van der Waals surface area contributed by atoms with Crippen LogP contribution >= 0.6 is 0 Å². The summed E-state index contributed by atoms with van der Waals surface area (Å²) in [6, 6.07) is 24.8. The predicted molar refractivity (Wildman–Crippen MR) is 113 cm³/mol. The third-order valence-electron chi connectivity index (χ3n) is 4.73. The zero-order valence-corrected chi connectivity index (χ0v) is 16.6. The molecule has 0 aliphatic rings. The van der Waals surface area contributed by atoms with Crippen LogP contribution in [0.1, 0.15) is 33.1 Å². The van der Waals surface area contributed by atoms with Crippen molar-refractivity contribution in [1.82, 2.24) is 0 Å². The number of ether oxygens (including phenoxy) is 1. The maximum atomic E-state index is 12.7. The highest BCUT2D eigenvalue weighted by Crippen LogP contribution is 2.27. The Hall–Kier alpha value is -3.44. The Balaban J connectivity index is 1.97. The van der Waals surface area contributed by atoms with Crippen molar-refractivity contribution in [2.24, 2.45) is 0 Å². The summed E-state index contributed by atoms with van der Waals surface area (Å²) in [7, 11) is 1.38. The number of carbonyl (C=O) groups excluding carboxylic acids is 2. The van der Waals surface area contributed by atoms with Gasteiger partial charge in [0.25, 0.3) is 5.91 Å². The van der Waals surface area contributed by atoms with Crippen LogP contribution in [0.3, 0.4) is 0 Å². The molecule has 0 aliphatic heterocycles. The van der Waals surface area contributed by atoms with E-state index in [1.54, 1.807) is 12.1 Å². The number of esters is 1. The first-order valence-electron chi connectivity index (χ1n) is 9.50. The van der Waals surface area contributed by atoms with Gasteiger partial charge in [-0.3, -0.25) is 4.79 Å². The van der Waals surface area contributed by atoms with Crippen LogP contribution in [-0.4, -0.2) is 25.5 Å². The first kappa shape index (κ1) is 20.3. The number of hydrogen-bond acceptors (Lipinski definition) is 3. The summed E-state index contributed by atoms with van der Waals surface area (Å²) in [6.07, 6.45) is 0. The summed E-state index contributed by atoms with van der Waals surface area (Å²) in [6.45, 7) is 2.19. The number of nitrogens with one attached hydrogen (secondary N) is 1. The van der Waals surface area contributed by atoms with Gasteiger partial charge < -0.3 is 15.4 Å². The third-order valence-corrected chi connectivity index (χ3v) is 4.73. The zero-order chi connectivity index (χ0) is 20.6. The molecule has 5 nitrogen and oxygen atoms in total. The number of anilines is 1. The third kappa shape index (κ3) is 5.30. The molecule has 0 fully saturated rings. The van der Waals surface area contributed by atoms with Gasteiger partial charge in [-0.25, -0.2) is 4.79 Å². The monoisotopic (exact) mass is 389 g/mol. The first-order chi connectivity index (χ1) is 14.1. The predicted octanol–water partition coefficient (Wildman–Crippen LogP) is 3.07. The Morgan fingerprint density at radius 1 is 0.966 bits per heavy atom. The molecule has 3 rings (SSSR count). The fourth-order valence-corrected chi connectivity index (χ4v) is 3.24. The highest BCUT2D eigenvalue weighted by atomic mass is 16.5. The van der Waals surface area contributed by atoms with Crippen molar-refractivity contribution in [3.05, 3.63) is 101 Å². The highest BCUT2D eigenvalue weighted by molar-refractivity contribution is 6.04. The minimum atomic E-state index is -0.298. The second-order valence-electron chi connectivity index (χ2n) is 6.82. The Bertz CT molecular complexity index is 972. The molecule has 1 atom stereocenters. The maximum absolute atomic E-state index is 12.7. The van der Waals surface area contributed by atoms with Crippen molar-refractivity contribution in [3.63, 3.8) is 0 Å². The zero-order valence-electron chi connectivity index (χ0n) is 16.6. The molecule has 29 heavy (non-hydrogen) atoms. The number of quaternary nitrogens is 1. The van der Waals surface area contributed by atoms with Crippen molar-refractivity contribution in [2.75, 3.05) is 19.0 Å². The number of carbonyl (C=O) groups is 2. The van der Waals surface area contributed by atoms with Crippen molar-refractivity contribution < 1.29 is 19.6 Å². The lowest BCUT2D eigenvalue weighted by Gasteiger charge is -2.20. The van der Waals surface area contributed by atoms with Crippen LogP contribution < -0.4 is 10.6 Å². The van der Waals surface area contributed by atoms with E-state index in [4.69, 9.17) is 4.74 Å². The molecule has 0 aromatic heterocycles. The van der Waals surface area contributed by atoms with Gasteiger partial charge in [-0.05, 0) is 31.2 Å². The van der Waals surface area contributed by atoms with Crippen molar-refractivity contribution in [2.45, 2.75) is 13.0 Å². The molecular formula is C24H25N2O3+. The first-order valence-corrected chi connectivity index (χ1v) is 9.50. The number of hydrogen-bond donors (Lipinski definition) is 2. The quantitative estimate of drug-likeness (QED) is 0.610. The molecule has 0 saturated heterocycles. The van der Waals surface area contributed by atoms with E-state index in [9.17, 15) is 9.59 Å². The molecule has 3 aromatic rings. The van der Waals surface area contributed by atoms with Crippen molar-refractivity contribution in [1.29, 1.82) is 0 Å². The molecule has 3 N–H and O–H groups in total. The summed E-state index contributed by atoms with van der Waals surface area (Å²) in [4.78, 5) is 24.5. The molecular weight excluding hydrogens is 364 g/mol. The lowest BCUT2D eigenvalue weighted by Crippen LogP contribution is -2.87. The van der Waals surface area contributed by atoms with E-state index in [-0.39, 0.29) is 24.5 Å². The summed E-state index contributed by atoms with van der Waals surface area (Å²) in [5.74, 6) is -0.469. The second-order valence-corrected chi connectivity index (χ2v) is 6.82. The Morgan fingerprint density at radius 2 is 1.62 bits per heavy atom. The maximum Gasteiger partial charge on any atom is 0.361 e. The molecule has 5 heteroatoms. The molecule has 0 bridgehead atoms. The summed E-state index contributed by atoms with van der Waals surface area (Å²) >= 11 is 0. The number of aryl methyl sites for hydroxylation is 1. The smallest absolute Gasteiger partial charge is 0.361 e. The molecule has 0 radical (unpaired) electrons. The lowest BCUT2D eigenvalue weighted by molar-refractivity contribution is -0.677. The number of benzene rings is 3. The number of nitrogens with two attached hydrogens (primary N) is 1. The average Bonchev–Trinajstić information content (AvgIpc) is 2.76. The average molecular weight is 389 g/mol. The van der Waals surface area contributed by atoms with Crippen LogP contribution in [0.4, 0.5) is 5.69 Å². The van der Waals surface area contributed by atoms with Gasteiger partial charge in [0.15, 0.2) is 6.54 Å². The molecule has 0 spiro atoms. The number of methoxy groups -OCH3 is 1.